The van der Waals surface area contributed by atoms with Crippen molar-refractivity contribution in [3.05, 3.63) is 80.9 Å². The van der Waals surface area contributed by atoms with Gasteiger partial charge in [0.2, 0.25) is 11.8 Å². The van der Waals surface area contributed by atoms with Crippen LogP contribution in [-0.2, 0) is 6.42 Å². The summed E-state index contributed by atoms with van der Waals surface area (Å²) in [7, 11) is 0. The fourth-order valence-corrected chi connectivity index (χ4v) is 2.42. The highest BCUT2D eigenvalue weighted by atomic mass is 79.9. The molecular weight excluding hydrogens is 364 g/mol. The largest absolute Gasteiger partial charge is 0.421 e. The molecule has 5 heteroatoms. The Morgan fingerprint density at radius 2 is 1.86 bits per heavy atom. The van der Waals surface area contributed by atoms with Crippen molar-refractivity contribution >= 4 is 39.7 Å². The molecule has 0 aliphatic carbocycles. The quantitative estimate of drug-likeness (QED) is 0.625. The van der Waals surface area contributed by atoms with Gasteiger partial charge in [0.1, 0.15) is 0 Å². The third-order valence-electron chi connectivity index (χ3n) is 3.02. The van der Waals surface area contributed by atoms with Crippen molar-refractivity contribution in [2.24, 2.45) is 0 Å². The zero-order chi connectivity index (χ0) is 15.4. The van der Waals surface area contributed by atoms with Gasteiger partial charge in [-0.15, -0.1) is 10.2 Å². The first-order chi connectivity index (χ1) is 10.7. The summed E-state index contributed by atoms with van der Waals surface area (Å²) in [6.45, 7) is 0. The maximum absolute atomic E-state index is 5.94. The van der Waals surface area contributed by atoms with Gasteiger partial charge in [0.15, 0.2) is 0 Å². The number of nitrogens with zero attached hydrogens (tertiary/aromatic N) is 2. The molecule has 0 atom stereocenters. The number of hydrogen-bond donors (Lipinski definition) is 0. The summed E-state index contributed by atoms with van der Waals surface area (Å²) in [4.78, 5) is 0. The average molecular weight is 376 g/mol. The van der Waals surface area contributed by atoms with Crippen LogP contribution in [0.4, 0.5) is 0 Å². The third-order valence-corrected chi connectivity index (χ3v) is 3.78. The second kappa shape index (κ2) is 6.90. The number of aromatic nitrogens is 2. The van der Waals surface area contributed by atoms with Gasteiger partial charge in [-0.3, -0.25) is 0 Å². The first-order valence-electron chi connectivity index (χ1n) is 6.69. The summed E-state index contributed by atoms with van der Waals surface area (Å²) in [6.07, 6.45) is 4.29. The number of hydrogen-bond acceptors (Lipinski definition) is 3. The van der Waals surface area contributed by atoms with Crippen LogP contribution < -0.4 is 0 Å². The van der Waals surface area contributed by atoms with Gasteiger partial charge in [0.05, 0.1) is 6.42 Å². The minimum Gasteiger partial charge on any atom is -0.421 e. The minimum absolute atomic E-state index is 0.479. The highest BCUT2D eigenvalue weighted by Gasteiger charge is 2.05. The van der Waals surface area contributed by atoms with Gasteiger partial charge in [-0.05, 0) is 41.5 Å². The fraction of sp³-hybridized carbons (Fsp3) is 0.0588. The van der Waals surface area contributed by atoms with Crippen molar-refractivity contribution in [3.8, 4) is 0 Å². The molecule has 0 spiro atoms. The molecule has 22 heavy (non-hydrogen) atoms. The van der Waals surface area contributed by atoms with Crippen molar-refractivity contribution in [1.82, 2.24) is 10.2 Å². The lowest BCUT2D eigenvalue weighted by atomic mass is 10.1. The van der Waals surface area contributed by atoms with Gasteiger partial charge in [-0.2, -0.15) is 0 Å². The molecule has 3 aromatic rings. The highest BCUT2D eigenvalue weighted by Crippen LogP contribution is 2.16. The molecule has 3 nitrogen and oxygen atoms in total. The second-order valence-corrected chi connectivity index (χ2v) is 6.08. The topological polar surface area (TPSA) is 38.9 Å². The van der Waals surface area contributed by atoms with Gasteiger partial charge >= 0.3 is 0 Å². The summed E-state index contributed by atoms with van der Waals surface area (Å²) in [6, 6.07) is 15.6. The SMILES string of the molecule is Clc1cccc(C=Cc2nnc(Cc3ccc(Br)cc3)o2)c1. The van der Waals surface area contributed by atoms with Crippen LogP contribution in [0.15, 0.2) is 57.4 Å². The molecule has 3 rings (SSSR count). The van der Waals surface area contributed by atoms with Crippen LogP contribution >= 0.6 is 27.5 Å². The van der Waals surface area contributed by atoms with Gasteiger partial charge < -0.3 is 4.42 Å². The predicted octanol–water partition coefficient (Wildman–Crippen LogP) is 5.25. The van der Waals surface area contributed by atoms with E-state index in [1.807, 2.05) is 54.6 Å². The summed E-state index contributed by atoms with van der Waals surface area (Å²) in [5.74, 6) is 1.07. The van der Waals surface area contributed by atoms with Crippen LogP contribution in [0.3, 0.4) is 0 Å². The van der Waals surface area contributed by atoms with E-state index in [1.165, 1.54) is 0 Å². The average Bonchev–Trinajstić information content (AvgIpc) is 2.95. The molecule has 0 unspecified atom stereocenters. The Bertz CT molecular complexity index is 796. The number of rotatable bonds is 4. The molecular formula is C17H12BrClN2O. The van der Waals surface area contributed by atoms with E-state index in [0.29, 0.717) is 23.2 Å². The molecule has 0 saturated heterocycles. The monoisotopic (exact) mass is 374 g/mol. The maximum atomic E-state index is 5.94. The van der Waals surface area contributed by atoms with Crippen LogP contribution in [0.1, 0.15) is 22.9 Å². The van der Waals surface area contributed by atoms with Crippen molar-refractivity contribution in [2.75, 3.05) is 0 Å². The zero-order valence-electron chi connectivity index (χ0n) is 11.5. The van der Waals surface area contributed by atoms with Crippen LogP contribution in [-0.4, -0.2) is 10.2 Å². The fourth-order valence-electron chi connectivity index (χ4n) is 1.96. The summed E-state index contributed by atoms with van der Waals surface area (Å²) < 4.78 is 6.66. The Kier molecular flexibility index (Phi) is 4.71. The molecule has 0 aliphatic heterocycles. The second-order valence-electron chi connectivity index (χ2n) is 4.73. The molecule has 1 aromatic heterocycles. The van der Waals surface area contributed by atoms with Crippen LogP contribution in [0, 0.1) is 0 Å². The molecule has 0 saturated carbocycles. The Morgan fingerprint density at radius 1 is 1.05 bits per heavy atom. The first kappa shape index (κ1) is 15.0. The van der Waals surface area contributed by atoms with E-state index in [4.69, 9.17) is 16.0 Å². The minimum atomic E-state index is 0.479. The molecule has 0 aliphatic rings. The predicted molar refractivity (Wildman–Crippen MR) is 91.6 cm³/mol. The van der Waals surface area contributed by atoms with Crippen LogP contribution in [0.2, 0.25) is 5.02 Å². The van der Waals surface area contributed by atoms with Crippen LogP contribution in [0.5, 0.6) is 0 Å². The van der Waals surface area contributed by atoms with E-state index < -0.39 is 0 Å². The van der Waals surface area contributed by atoms with Crippen molar-refractivity contribution in [2.45, 2.75) is 6.42 Å². The first-order valence-corrected chi connectivity index (χ1v) is 7.86. The molecule has 0 N–H and O–H groups in total. The highest BCUT2D eigenvalue weighted by molar-refractivity contribution is 9.10. The van der Waals surface area contributed by atoms with Gasteiger partial charge in [0.25, 0.3) is 0 Å². The van der Waals surface area contributed by atoms with Crippen LogP contribution in [0.25, 0.3) is 12.2 Å². The Labute approximate surface area is 141 Å². The molecule has 2 aromatic carbocycles. The Morgan fingerprint density at radius 3 is 2.64 bits per heavy atom. The zero-order valence-corrected chi connectivity index (χ0v) is 13.9. The lowest BCUT2D eigenvalue weighted by Gasteiger charge is -1.96. The van der Waals surface area contributed by atoms with Crippen molar-refractivity contribution in [1.29, 1.82) is 0 Å². The van der Waals surface area contributed by atoms with Crippen molar-refractivity contribution < 1.29 is 4.42 Å². The van der Waals surface area contributed by atoms with Gasteiger partial charge in [-0.1, -0.05) is 51.8 Å². The van der Waals surface area contributed by atoms with Gasteiger partial charge in [0, 0.05) is 15.6 Å². The van der Waals surface area contributed by atoms with Gasteiger partial charge in [-0.25, -0.2) is 0 Å². The van der Waals surface area contributed by atoms with Crippen molar-refractivity contribution in [3.63, 3.8) is 0 Å². The smallest absolute Gasteiger partial charge is 0.240 e. The molecule has 0 fully saturated rings. The number of benzene rings is 2. The van der Waals surface area contributed by atoms with E-state index in [0.717, 1.165) is 15.6 Å². The summed E-state index contributed by atoms with van der Waals surface area (Å²) >= 11 is 9.36. The molecule has 0 bridgehead atoms. The standard InChI is InChI=1S/C17H12BrClN2O/c18-14-7-4-13(5-8-14)11-17-21-20-16(22-17)9-6-12-2-1-3-15(19)10-12/h1-10H,11H2. The van der Waals surface area contributed by atoms with E-state index in [2.05, 4.69) is 26.1 Å². The lowest BCUT2D eigenvalue weighted by molar-refractivity contribution is 0.496. The normalized spacial score (nSPS) is 11.2. The Hall–Kier alpha value is -1.91. The summed E-state index contributed by atoms with van der Waals surface area (Å²) in [5.41, 5.74) is 2.11. The Balaban J connectivity index is 1.69. The molecule has 0 amide bonds. The third kappa shape index (κ3) is 4.06. The molecule has 110 valence electrons. The lowest BCUT2D eigenvalue weighted by Crippen LogP contribution is -1.87. The maximum Gasteiger partial charge on any atom is 0.240 e. The van der Waals surface area contributed by atoms with E-state index in [1.54, 1.807) is 6.08 Å². The molecule has 0 radical (unpaired) electrons. The van der Waals surface area contributed by atoms with E-state index in [9.17, 15) is 0 Å². The number of halogens is 2. The summed E-state index contributed by atoms with van der Waals surface area (Å²) in [5, 5.41) is 8.78. The molecule has 1 heterocycles. The van der Waals surface area contributed by atoms with E-state index >= 15 is 0 Å². The van der Waals surface area contributed by atoms with E-state index in [-0.39, 0.29) is 0 Å².